The lowest BCUT2D eigenvalue weighted by Gasteiger charge is -2.27. The number of benzene rings is 2. The molecule has 3 nitrogen and oxygen atoms in total. The van der Waals surface area contributed by atoms with Crippen molar-refractivity contribution in [2.75, 3.05) is 0 Å². The second-order valence-electron chi connectivity index (χ2n) is 6.14. The Morgan fingerprint density at radius 2 is 1.35 bits per heavy atom. The van der Waals surface area contributed by atoms with Crippen molar-refractivity contribution < 1.29 is 14.7 Å². The molecule has 0 saturated heterocycles. The second-order valence-corrected chi connectivity index (χ2v) is 6.14. The first-order chi connectivity index (χ1) is 11.2. The minimum Gasteiger partial charge on any atom is -0.481 e. The number of ketones is 1. The number of carboxylic acids is 1. The Hall–Kier alpha value is -2.42. The molecule has 0 unspecified atom stereocenters. The summed E-state index contributed by atoms with van der Waals surface area (Å²) in [5.41, 5.74) is 2.77. The SMILES string of the molecule is O=C(O)[C@@H]1CCCC[C@H]1C(=O)c1ccc(-c2ccccc2)cc1. The molecule has 3 rings (SSSR count). The Morgan fingerprint density at radius 1 is 0.783 bits per heavy atom. The van der Waals surface area contributed by atoms with E-state index in [9.17, 15) is 14.7 Å². The highest BCUT2D eigenvalue weighted by Gasteiger charge is 2.35. The second kappa shape index (κ2) is 6.78. The Bertz CT molecular complexity index is 689. The molecular weight excluding hydrogens is 288 g/mol. The van der Waals surface area contributed by atoms with E-state index in [1.54, 1.807) is 0 Å². The van der Waals surface area contributed by atoms with Gasteiger partial charge in [-0.25, -0.2) is 0 Å². The third kappa shape index (κ3) is 3.34. The van der Waals surface area contributed by atoms with Crippen molar-refractivity contribution in [1.82, 2.24) is 0 Å². The van der Waals surface area contributed by atoms with E-state index in [1.165, 1.54) is 0 Å². The summed E-state index contributed by atoms with van der Waals surface area (Å²) in [6.45, 7) is 0. The number of rotatable bonds is 4. The minimum atomic E-state index is -0.844. The van der Waals surface area contributed by atoms with Crippen LogP contribution in [-0.4, -0.2) is 16.9 Å². The summed E-state index contributed by atoms with van der Waals surface area (Å²) in [6, 6.07) is 17.5. The Morgan fingerprint density at radius 3 is 1.96 bits per heavy atom. The van der Waals surface area contributed by atoms with Gasteiger partial charge in [-0.15, -0.1) is 0 Å². The molecule has 2 atom stereocenters. The molecule has 118 valence electrons. The molecule has 2 aromatic rings. The van der Waals surface area contributed by atoms with Crippen LogP contribution in [0.3, 0.4) is 0 Å². The molecule has 0 amide bonds. The van der Waals surface area contributed by atoms with Gasteiger partial charge in [-0.05, 0) is 24.0 Å². The number of carbonyl (C=O) groups is 2. The lowest BCUT2D eigenvalue weighted by atomic mass is 9.75. The first kappa shape index (κ1) is 15.5. The predicted molar refractivity (Wildman–Crippen MR) is 89.3 cm³/mol. The average Bonchev–Trinajstić information content (AvgIpc) is 2.62. The number of carbonyl (C=O) groups excluding carboxylic acids is 1. The summed E-state index contributed by atoms with van der Waals surface area (Å²) in [7, 11) is 0. The van der Waals surface area contributed by atoms with E-state index in [0.29, 0.717) is 18.4 Å². The van der Waals surface area contributed by atoms with Gasteiger partial charge < -0.3 is 5.11 Å². The normalized spacial score (nSPS) is 20.9. The van der Waals surface area contributed by atoms with Crippen molar-refractivity contribution in [2.45, 2.75) is 25.7 Å². The van der Waals surface area contributed by atoms with E-state index < -0.39 is 11.9 Å². The maximum absolute atomic E-state index is 12.7. The molecule has 1 aliphatic rings. The number of Topliss-reactive ketones (excluding diaryl/α,β-unsaturated/α-hetero) is 1. The molecule has 1 fully saturated rings. The monoisotopic (exact) mass is 308 g/mol. The number of carboxylic acid groups (broad SMARTS) is 1. The van der Waals surface area contributed by atoms with Crippen molar-refractivity contribution >= 4 is 11.8 Å². The summed E-state index contributed by atoms with van der Waals surface area (Å²) in [5, 5.41) is 9.35. The van der Waals surface area contributed by atoms with E-state index in [-0.39, 0.29) is 11.7 Å². The third-order valence-corrected chi connectivity index (χ3v) is 4.70. The number of aliphatic carboxylic acids is 1. The molecule has 0 bridgehead atoms. The molecule has 0 aliphatic heterocycles. The Labute approximate surface area is 136 Å². The highest BCUT2D eigenvalue weighted by Crippen LogP contribution is 2.33. The van der Waals surface area contributed by atoms with Crippen LogP contribution in [0.1, 0.15) is 36.0 Å². The molecule has 2 aromatic carbocycles. The van der Waals surface area contributed by atoms with E-state index in [4.69, 9.17) is 0 Å². The maximum Gasteiger partial charge on any atom is 0.307 e. The van der Waals surface area contributed by atoms with E-state index in [1.807, 2.05) is 54.6 Å². The topological polar surface area (TPSA) is 54.4 Å². The molecule has 0 heterocycles. The zero-order valence-corrected chi connectivity index (χ0v) is 12.9. The molecule has 1 aliphatic carbocycles. The van der Waals surface area contributed by atoms with Gasteiger partial charge in [-0.2, -0.15) is 0 Å². The number of hydrogen-bond donors (Lipinski definition) is 1. The Balaban J connectivity index is 1.81. The zero-order chi connectivity index (χ0) is 16.2. The molecule has 0 aromatic heterocycles. The molecule has 3 heteroatoms. The van der Waals surface area contributed by atoms with Gasteiger partial charge in [0.2, 0.25) is 0 Å². The van der Waals surface area contributed by atoms with Gasteiger partial charge >= 0.3 is 5.97 Å². The van der Waals surface area contributed by atoms with E-state index in [2.05, 4.69) is 0 Å². The molecular formula is C20H20O3. The van der Waals surface area contributed by atoms with Crippen molar-refractivity contribution in [3.8, 4) is 11.1 Å². The van der Waals surface area contributed by atoms with Crippen molar-refractivity contribution in [3.63, 3.8) is 0 Å². The first-order valence-electron chi connectivity index (χ1n) is 8.09. The molecule has 23 heavy (non-hydrogen) atoms. The van der Waals surface area contributed by atoms with Gasteiger partial charge in [0.15, 0.2) is 5.78 Å². The molecule has 1 saturated carbocycles. The largest absolute Gasteiger partial charge is 0.481 e. The van der Waals surface area contributed by atoms with Crippen LogP contribution in [0.4, 0.5) is 0 Å². The van der Waals surface area contributed by atoms with Crippen LogP contribution < -0.4 is 0 Å². The smallest absolute Gasteiger partial charge is 0.307 e. The molecule has 0 radical (unpaired) electrons. The molecule has 0 spiro atoms. The summed E-state index contributed by atoms with van der Waals surface area (Å²) < 4.78 is 0. The predicted octanol–water partition coefficient (Wildman–Crippen LogP) is 4.43. The summed E-state index contributed by atoms with van der Waals surface area (Å²) >= 11 is 0. The third-order valence-electron chi connectivity index (χ3n) is 4.70. The van der Waals surface area contributed by atoms with Gasteiger partial charge in [-0.1, -0.05) is 67.4 Å². The van der Waals surface area contributed by atoms with Crippen LogP contribution in [0.15, 0.2) is 54.6 Å². The first-order valence-corrected chi connectivity index (χ1v) is 8.09. The lowest BCUT2D eigenvalue weighted by molar-refractivity contribution is -0.144. The van der Waals surface area contributed by atoms with Gasteiger partial charge in [0.25, 0.3) is 0 Å². The van der Waals surface area contributed by atoms with Gasteiger partial charge in [-0.3, -0.25) is 9.59 Å². The number of hydrogen-bond acceptors (Lipinski definition) is 2. The minimum absolute atomic E-state index is 0.0308. The fraction of sp³-hybridized carbons (Fsp3) is 0.300. The fourth-order valence-corrected chi connectivity index (χ4v) is 3.41. The lowest BCUT2D eigenvalue weighted by Crippen LogP contribution is -2.32. The van der Waals surface area contributed by atoms with E-state index >= 15 is 0 Å². The highest BCUT2D eigenvalue weighted by molar-refractivity contribution is 6.00. The Kier molecular flexibility index (Phi) is 4.56. The van der Waals surface area contributed by atoms with Crippen molar-refractivity contribution in [3.05, 3.63) is 60.2 Å². The van der Waals surface area contributed by atoms with Crippen LogP contribution in [0, 0.1) is 11.8 Å². The summed E-state index contributed by atoms with van der Waals surface area (Å²) in [4.78, 5) is 24.1. The van der Waals surface area contributed by atoms with Crippen molar-refractivity contribution in [2.24, 2.45) is 11.8 Å². The zero-order valence-electron chi connectivity index (χ0n) is 12.9. The van der Waals surface area contributed by atoms with E-state index in [0.717, 1.165) is 24.0 Å². The average molecular weight is 308 g/mol. The van der Waals surface area contributed by atoms with Gasteiger partial charge in [0.05, 0.1) is 5.92 Å². The van der Waals surface area contributed by atoms with Crippen LogP contribution >= 0.6 is 0 Å². The standard InChI is InChI=1S/C20H20O3/c21-19(17-8-4-5-9-18(17)20(22)23)16-12-10-15(11-13-16)14-6-2-1-3-7-14/h1-3,6-7,10-13,17-18H,4-5,8-9H2,(H,22,23)/t17-,18-/m1/s1. The fourth-order valence-electron chi connectivity index (χ4n) is 3.41. The molecule has 1 N–H and O–H groups in total. The van der Waals surface area contributed by atoms with Crippen LogP contribution in [0.5, 0.6) is 0 Å². The van der Waals surface area contributed by atoms with Gasteiger partial charge in [0.1, 0.15) is 0 Å². The maximum atomic E-state index is 12.7. The van der Waals surface area contributed by atoms with Crippen LogP contribution in [0.25, 0.3) is 11.1 Å². The van der Waals surface area contributed by atoms with Gasteiger partial charge in [0, 0.05) is 11.5 Å². The summed E-state index contributed by atoms with van der Waals surface area (Å²) in [6.07, 6.45) is 3.11. The van der Waals surface area contributed by atoms with Crippen LogP contribution in [0.2, 0.25) is 0 Å². The van der Waals surface area contributed by atoms with Crippen LogP contribution in [-0.2, 0) is 4.79 Å². The highest BCUT2D eigenvalue weighted by atomic mass is 16.4. The van der Waals surface area contributed by atoms with Crippen molar-refractivity contribution in [1.29, 1.82) is 0 Å². The quantitative estimate of drug-likeness (QED) is 0.850. The summed E-state index contributed by atoms with van der Waals surface area (Å²) in [5.74, 6) is -1.80.